The first-order valence-electron chi connectivity index (χ1n) is 8.10. The van der Waals surface area contributed by atoms with Crippen molar-refractivity contribution in [3.8, 4) is 5.75 Å². The molecule has 1 aliphatic heterocycles. The van der Waals surface area contributed by atoms with Crippen LogP contribution in [0.3, 0.4) is 0 Å². The second-order valence-corrected chi connectivity index (χ2v) is 6.53. The second-order valence-electron chi connectivity index (χ2n) is 6.53. The summed E-state index contributed by atoms with van der Waals surface area (Å²) in [5.41, 5.74) is 4.22. The van der Waals surface area contributed by atoms with E-state index in [1.165, 1.54) is 6.07 Å². The fraction of sp³-hybridized carbons (Fsp3) is 0.200. The zero-order chi connectivity index (χ0) is 17.7. The zero-order valence-electron chi connectivity index (χ0n) is 13.9. The van der Waals surface area contributed by atoms with Gasteiger partial charge in [0.1, 0.15) is 11.3 Å². The Bertz CT molecular complexity index is 1080. The van der Waals surface area contributed by atoms with Crippen molar-refractivity contribution in [2.75, 3.05) is 5.32 Å². The number of phenols is 1. The number of phenolic OH excluding ortho intramolecular Hbond substituents is 1. The molecular weight excluding hydrogens is 318 g/mol. The van der Waals surface area contributed by atoms with Gasteiger partial charge in [-0.25, -0.2) is 4.79 Å². The van der Waals surface area contributed by atoms with E-state index in [1.54, 1.807) is 6.07 Å². The minimum absolute atomic E-state index is 0.105. The monoisotopic (exact) mass is 335 g/mol. The Kier molecular flexibility index (Phi) is 3.39. The Morgan fingerprint density at radius 3 is 2.68 bits per heavy atom. The summed E-state index contributed by atoms with van der Waals surface area (Å²) in [4.78, 5) is 23.8. The average Bonchev–Trinajstić information content (AvgIpc) is 2.55. The van der Waals surface area contributed by atoms with Crippen LogP contribution in [0.15, 0.2) is 45.6 Å². The molecule has 5 heteroatoms. The molecule has 126 valence electrons. The highest BCUT2D eigenvalue weighted by Gasteiger charge is 2.27. The summed E-state index contributed by atoms with van der Waals surface area (Å²) in [6.07, 6.45) is 0.304. The Hall–Kier alpha value is -3.08. The van der Waals surface area contributed by atoms with Gasteiger partial charge in [0.2, 0.25) is 5.91 Å². The maximum Gasteiger partial charge on any atom is 0.336 e. The second kappa shape index (κ2) is 5.48. The number of hydrogen-bond donors (Lipinski definition) is 2. The van der Waals surface area contributed by atoms with Gasteiger partial charge in [-0.15, -0.1) is 0 Å². The predicted molar refractivity (Wildman–Crippen MR) is 95.2 cm³/mol. The molecule has 2 aromatic carbocycles. The number of benzene rings is 2. The lowest BCUT2D eigenvalue weighted by Gasteiger charge is -2.27. The van der Waals surface area contributed by atoms with Crippen LogP contribution in [0, 0.1) is 13.8 Å². The highest BCUT2D eigenvalue weighted by atomic mass is 16.4. The third-order valence-corrected chi connectivity index (χ3v) is 4.78. The van der Waals surface area contributed by atoms with Crippen LogP contribution in [0.2, 0.25) is 0 Å². The van der Waals surface area contributed by atoms with E-state index >= 15 is 0 Å². The van der Waals surface area contributed by atoms with Crippen LogP contribution in [0.4, 0.5) is 5.69 Å². The van der Waals surface area contributed by atoms with E-state index < -0.39 is 0 Å². The van der Waals surface area contributed by atoms with Crippen LogP contribution in [-0.4, -0.2) is 11.0 Å². The lowest BCUT2D eigenvalue weighted by Crippen LogP contribution is -2.23. The smallest absolute Gasteiger partial charge is 0.336 e. The maximum atomic E-state index is 12.1. The SMILES string of the molecule is Cc1cc2c(cc1O)NC(=O)C[C@@H]2c1ccc2c(C)cc(=O)oc2c1. The van der Waals surface area contributed by atoms with E-state index in [2.05, 4.69) is 5.32 Å². The number of fused-ring (bicyclic) bond motifs is 2. The first kappa shape index (κ1) is 15.4. The molecule has 1 aromatic heterocycles. The van der Waals surface area contributed by atoms with Crippen molar-refractivity contribution in [3.05, 3.63) is 69.1 Å². The standard InChI is InChI=1S/C20H17NO4/c1-10-6-20(24)25-18-7-12(3-4-13(10)18)14-8-19(23)21-16-9-17(22)11(2)5-15(14)16/h3-7,9,14,22H,8H2,1-2H3,(H,21,23)/t14-/m1/s1. The summed E-state index contributed by atoms with van der Waals surface area (Å²) in [5, 5.41) is 13.6. The lowest BCUT2D eigenvalue weighted by atomic mass is 9.83. The molecule has 0 bridgehead atoms. The Morgan fingerprint density at radius 2 is 1.88 bits per heavy atom. The molecule has 2 heterocycles. The fourth-order valence-electron chi connectivity index (χ4n) is 3.47. The first-order chi connectivity index (χ1) is 11.9. The molecule has 5 nitrogen and oxygen atoms in total. The van der Waals surface area contributed by atoms with Crippen molar-refractivity contribution in [2.24, 2.45) is 0 Å². The van der Waals surface area contributed by atoms with Crippen LogP contribution in [-0.2, 0) is 4.79 Å². The summed E-state index contributed by atoms with van der Waals surface area (Å²) in [5.74, 6) is -0.107. The highest BCUT2D eigenvalue weighted by molar-refractivity contribution is 5.96. The minimum Gasteiger partial charge on any atom is -0.508 e. The molecule has 0 fully saturated rings. The van der Waals surface area contributed by atoms with Crippen LogP contribution in [0.25, 0.3) is 11.0 Å². The highest BCUT2D eigenvalue weighted by Crippen LogP contribution is 2.40. The number of hydrogen-bond acceptors (Lipinski definition) is 4. The van der Waals surface area contributed by atoms with Crippen molar-refractivity contribution < 1.29 is 14.3 Å². The van der Waals surface area contributed by atoms with E-state index in [9.17, 15) is 14.7 Å². The summed E-state index contributed by atoms with van der Waals surface area (Å²) >= 11 is 0. The minimum atomic E-state index is -0.385. The molecule has 0 aliphatic carbocycles. The van der Waals surface area contributed by atoms with Crippen molar-refractivity contribution in [1.82, 2.24) is 0 Å². The number of aryl methyl sites for hydroxylation is 2. The van der Waals surface area contributed by atoms with Gasteiger partial charge in [0.05, 0.1) is 0 Å². The first-order valence-corrected chi connectivity index (χ1v) is 8.10. The van der Waals surface area contributed by atoms with Gasteiger partial charge >= 0.3 is 5.63 Å². The van der Waals surface area contributed by atoms with Gasteiger partial charge in [0.15, 0.2) is 0 Å². The van der Waals surface area contributed by atoms with Crippen LogP contribution < -0.4 is 10.9 Å². The fourth-order valence-corrected chi connectivity index (χ4v) is 3.47. The van der Waals surface area contributed by atoms with Crippen LogP contribution in [0.1, 0.15) is 34.6 Å². The molecule has 2 N–H and O–H groups in total. The quantitative estimate of drug-likeness (QED) is 0.666. The molecule has 0 radical (unpaired) electrons. The van der Waals surface area contributed by atoms with Gasteiger partial charge in [-0.1, -0.05) is 12.1 Å². The van der Waals surface area contributed by atoms with Crippen LogP contribution in [0.5, 0.6) is 5.75 Å². The maximum absolute atomic E-state index is 12.1. The van der Waals surface area contributed by atoms with Gasteiger partial charge in [-0.05, 0) is 48.2 Å². The molecule has 1 aliphatic rings. The number of aromatic hydroxyl groups is 1. The largest absolute Gasteiger partial charge is 0.508 e. The number of anilines is 1. The average molecular weight is 335 g/mol. The topological polar surface area (TPSA) is 79.5 Å². The van der Waals surface area contributed by atoms with E-state index in [0.717, 1.165) is 27.6 Å². The lowest BCUT2D eigenvalue weighted by molar-refractivity contribution is -0.116. The molecule has 25 heavy (non-hydrogen) atoms. The van der Waals surface area contributed by atoms with Gasteiger partial charge in [0.25, 0.3) is 0 Å². The molecule has 0 saturated carbocycles. The normalized spacial score (nSPS) is 16.6. The van der Waals surface area contributed by atoms with Crippen molar-refractivity contribution >= 4 is 22.6 Å². The van der Waals surface area contributed by atoms with E-state index in [0.29, 0.717) is 17.7 Å². The molecule has 0 spiro atoms. The molecular formula is C20H17NO4. The summed E-state index contributed by atoms with van der Waals surface area (Å²) in [6, 6.07) is 10.7. The molecule has 1 atom stereocenters. The number of nitrogens with one attached hydrogen (secondary N) is 1. The van der Waals surface area contributed by atoms with E-state index in [4.69, 9.17) is 4.42 Å². The Labute approximate surface area is 143 Å². The molecule has 0 unspecified atom stereocenters. The summed E-state index contributed by atoms with van der Waals surface area (Å²) in [7, 11) is 0. The zero-order valence-corrected chi connectivity index (χ0v) is 13.9. The Balaban J connectivity index is 1.90. The third kappa shape index (κ3) is 2.58. The van der Waals surface area contributed by atoms with Gasteiger partial charge < -0.3 is 14.8 Å². The molecule has 4 rings (SSSR count). The molecule has 0 saturated heterocycles. The van der Waals surface area contributed by atoms with Crippen molar-refractivity contribution in [3.63, 3.8) is 0 Å². The predicted octanol–water partition coefficient (Wildman–Crippen LogP) is 3.59. The van der Waals surface area contributed by atoms with E-state index in [1.807, 2.05) is 38.1 Å². The van der Waals surface area contributed by atoms with Crippen molar-refractivity contribution in [2.45, 2.75) is 26.2 Å². The molecule has 1 amide bonds. The number of carbonyl (C=O) groups is 1. The van der Waals surface area contributed by atoms with Gasteiger partial charge in [0, 0.05) is 35.5 Å². The van der Waals surface area contributed by atoms with Gasteiger partial charge in [-0.2, -0.15) is 0 Å². The Morgan fingerprint density at radius 1 is 1.08 bits per heavy atom. The third-order valence-electron chi connectivity index (χ3n) is 4.78. The van der Waals surface area contributed by atoms with Crippen LogP contribution >= 0.6 is 0 Å². The van der Waals surface area contributed by atoms with Crippen molar-refractivity contribution in [1.29, 1.82) is 0 Å². The molecule has 3 aromatic rings. The summed E-state index contributed by atoms with van der Waals surface area (Å²) in [6.45, 7) is 3.69. The summed E-state index contributed by atoms with van der Waals surface area (Å²) < 4.78 is 5.34. The van der Waals surface area contributed by atoms with E-state index in [-0.39, 0.29) is 23.2 Å². The number of carbonyl (C=O) groups excluding carboxylic acids is 1. The van der Waals surface area contributed by atoms with Gasteiger partial charge in [-0.3, -0.25) is 4.79 Å². The number of rotatable bonds is 1. The number of amides is 1.